The van der Waals surface area contributed by atoms with Gasteiger partial charge in [0.2, 0.25) is 11.7 Å². The van der Waals surface area contributed by atoms with Gasteiger partial charge in [-0.2, -0.15) is 0 Å². The first kappa shape index (κ1) is 51.9. The number of amidine groups is 2. The van der Waals surface area contributed by atoms with E-state index in [1.807, 2.05) is 0 Å². The summed E-state index contributed by atoms with van der Waals surface area (Å²) in [5.41, 5.74) is 0. The maximum atomic E-state index is 8.89. The third-order valence-electron chi connectivity index (χ3n) is 10.9. The molecule has 2 rings (SSSR count). The van der Waals surface area contributed by atoms with E-state index in [1.165, 1.54) is 243 Å². The Hall–Kier alpha value is -2.12. The highest BCUT2D eigenvalue weighted by Crippen LogP contribution is 2.16. The number of carboxylic acid groups (broad SMARTS) is 2. The Labute approximate surface area is 334 Å². The summed E-state index contributed by atoms with van der Waals surface area (Å²) in [4.78, 5) is 17.8. The minimum atomic E-state index is -1.08. The van der Waals surface area contributed by atoms with Gasteiger partial charge in [0, 0.05) is 24.8 Å². The average Bonchev–Trinajstić information content (AvgIpc) is 3.79. The second-order valence-corrected chi connectivity index (χ2v) is 16.1. The van der Waals surface area contributed by atoms with Gasteiger partial charge >= 0.3 is 0 Å². The van der Waals surface area contributed by atoms with E-state index in [0.29, 0.717) is 0 Å². The van der Waals surface area contributed by atoms with E-state index in [1.54, 1.807) is 0 Å². The van der Waals surface area contributed by atoms with E-state index in [4.69, 9.17) is 19.8 Å². The molecule has 0 aromatic carbocycles. The van der Waals surface area contributed by atoms with Crippen LogP contribution < -0.4 is 20.8 Å². The maximum Gasteiger partial charge on any atom is 0.245 e. The molecule has 0 spiro atoms. The topological polar surface area (TPSA) is 110 Å². The van der Waals surface area contributed by atoms with Crippen LogP contribution in [0.5, 0.6) is 0 Å². The van der Waals surface area contributed by atoms with Gasteiger partial charge in [-0.3, -0.25) is 19.8 Å². The van der Waals surface area contributed by atoms with Crippen molar-refractivity contribution >= 4 is 23.6 Å². The Morgan fingerprint density at radius 3 is 0.852 bits per heavy atom. The normalized spacial score (nSPS) is 13.6. The maximum absolute atomic E-state index is 8.89. The fraction of sp³-hybridized carbons (Fsp3) is 0.913. The summed E-state index contributed by atoms with van der Waals surface area (Å²) in [6.07, 6.45) is 45.8. The number of hydrogen-bond donors (Lipinski definition) is 2. The zero-order valence-electron chi connectivity index (χ0n) is 36.4. The predicted molar refractivity (Wildman–Crippen MR) is 226 cm³/mol. The lowest BCUT2D eigenvalue weighted by molar-refractivity contribution is -0.590. The molecular formula is C46H90N4O4. The summed E-state index contributed by atoms with van der Waals surface area (Å²) >= 11 is 0. The fourth-order valence-electron chi connectivity index (χ4n) is 7.72. The van der Waals surface area contributed by atoms with Crippen molar-refractivity contribution < 1.29 is 29.0 Å². The molecule has 0 fully saturated rings. The Bertz CT molecular complexity index is 854. The molecule has 0 aromatic rings. The number of carbonyl (C=O) groups excluding carboxylic acids is 2. The first-order valence-corrected chi connectivity index (χ1v) is 23.4. The quantitative estimate of drug-likeness (QED) is 0.0493. The molecule has 2 aliphatic rings. The summed E-state index contributed by atoms with van der Waals surface area (Å²) in [5, 5.41) is 25.2. The van der Waals surface area contributed by atoms with Crippen LogP contribution in [-0.4, -0.2) is 72.0 Å². The lowest BCUT2D eigenvalue weighted by Crippen LogP contribution is -2.30. The summed E-state index contributed by atoms with van der Waals surface area (Å²) in [7, 11) is 0. The molecule has 0 saturated carbocycles. The van der Waals surface area contributed by atoms with E-state index in [0.717, 1.165) is 26.9 Å². The van der Waals surface area contributed by atoms with Gasteiger partial charge in [0.05, 0.1) is 0 Å². The monoisotopic (exact) mass is 763 g/mol. The third kappa shape index (κ3) is 36.8. The molecule has 0 aliphatic carbocycles. The van der Waals surface area contributed by atoms with Gasteiger partial charge in [0.15, 0.2) is 0 Å². The van der Waals surface area contributed by atoms with Gasteiger partial charge < -0.3 is 19.8 Å². The van der Waals surface area contributed by atoms with Crippen LogP contribution in [0, 0.1) is 0 Å². The van der Waals surface area contributed by atoms with Crippen molar-refractivity contribution in [2.24, 2.45) is 0 Å². The molecule has 54 heavy (non-hydrogen) atoms. The van der Waals surface area contributed by atoms with Crippen LogP contribution in [0.15, 0.2) is 0 Å². The number of nitrogens with one attached hydrogen (secondary N) is 2. The average molecular weight is 763 g/mol. The van der Waals surface area contributed by atoms with E-state index in [2.05, 4.69) is 33.6 Å². The molecule has 0 aromatic heterocycles. The van der Waals surface area contributed by atoms with Crippen LogP contribution in [-0.2, 0) is 9.59 Å². The standard InChI is InChI=1S/C42H82N4.2C2H4O2/c1-3-5-7-9-11-13-15-17-19-21-23-25-27-29-31-33-41-43-35-37-45(41)39-40-46-38-36-44-42(46)34-32-30-28-26-24-22-20-18-16-14-12-10-8-6-4-2;2*1-2(3)4/h3-40H2,1-2H3;2*1H3,(H,3,4). The predicted octanol–water partition coefficient (Wildman–Crippen LogP) is 9.05. The van der Waals surface area contributed by atoms with Gasteiger partial charge in [0.1, 0.15) is 39.3 Å². The minimum absolute atomic E-state index is 0.972. The zero-order valence-corrected chi connectivity index (χ0v) is 36.4. The molecule has 0 atom stereocenters. The highest BCUT2D eigenvalue weighted by atomic mass is 16.4. The van der Waals surface area contributed by atoms with Gasteiger partial charge in [0.25, 0.3) is 0 Å². The Balaban J connectivity index is 0.00000318. The van der Waals surface area contributed by atoms with Crippen LogP contribution in [0.3, 0.4) is 0 Å². The smallest absolute Gasteiger partial charge is 0.245 e. The molecule has 318 valence electrons. The number of carboxylic acids is 2. The van der Waals surface area contributed by atoms with Crippen molar-refractivity contribution in [1.29, 1.82) is 0 Å². The fourth-order valence-corrected chi connectivity index (χ4v) is 7.72. The number of rotatable bonds is 35. The van der Waals surface area contributed by atoms with Gasteiger partial charge in [-0.05, 0) is 26.7 Å². The van der Waals surface area contributed by atoms with Crippen LogP contribution in [0.1, 0.15) is 233 Å². The summed E-state index contributed by atoms with van der Waals surface area (Å²) in [5.74, 6) is 0.900. The van der Waals surface area contributed by atoms with Crippen LogP contribution in [0.25, 0.3) is 0 Å². The first-order valence-electron chi connectivity index (χ1n) is 23.4. The number of aliphatic carboxylic acids is 2. The molecule has 2 heterocycles. The molecule has 0 bridgehead atoms. The molecule has 0 amide bonds. The van der Waals surface area contributed by atoms with Crippen molar-refractivity contribution in [1.82, 2.24) is 10.6 Å². The van der Waals surface area contributed by atoms with Gasteiger partial charge in [-0.15, -0.1) is 0 Å². The Morgan fingerprint density at radius 2 is 0.630 bits per heavy atom. The van der Waals surface area contributed by atoms with Crippen molar-refractivity contribution in [3.63, 3.8) is 0 Å². The number of nitrogens with zero attached hydrogens (tertiary/aromatic N) is 2. The van der Waals surface area contributed by atoms with Crippen molar-refractivity contribution in [3.05, 3.63) is 0 Å². The second kappa shape index (κ2) is 40.5. The molecule has 2 aliphatic heterocycles. The van der Waals surface area contributed by atoms with Crippen molar-refractivity contribution in [3.8, 4) is 0 Å². The lowest BCUT2D eigenvalue weighted by Gasteiger charge is -2.07. The summed E-state index contributed by atoms with van der Waals surface area (Å²) in [6.45, 7) is 13.6. The molecule has 0 saturated heterocycles. The number of carbonyl (C=O) groups is 2. The van der Waals surface area contributed by atoms with E-state index >= 15 is 0 Å². The number of hydrogen-bond acceptors (Lipinski definition) is 6. The van der Waals surface area contributed by atoms with Crippen LogP contribution >= 0.6 is 0 Å². The van der Waals surface area contributed by atoms with Gasteiger partial charge in [-0.25, -0.2) is 0 Å². The van der Waals surface area contributed by atoms with Crippen molar-refractivity contribution in [2.75, 3.05) is 39.3 Å². The molecule has 8 heteroatoms. The van der Waals surface area contributed by atoms with Crippen molar-refractivity contribution in [2.45, 2.75) is 233 Å². The second-order valence-electron chi connectivity index (χ2n) is 16.1. The van der Waals surface area contributed by atoms with E-state index < -0.39 is 11.9 Å². The van der Waals surface area contributed by atoms with Gasteiger partial charge in [-0.1, -0.05) is 194 Å². The Kier molecular flexibility index (Phi) is 38.9. The highest BCUT2D eigenvalue weighted by molar-refractivity contribution is 5.78. The number of unbranched alkanes of at least 4 members (excludes halogenated alkanes) is 28. The molecule has 0 radical (unpaired) electrons. The molecular weight excluding hydrogens is 673 g/mol. The van der Waals surface area contributed by atoms with Crippen LogP contribution in [0.4, 0.5) is 0 Å². The zero-order chi connectivity index (χ0) is 39.7. The lowest BCUT2D eigenvalue weighted by atomic mass is 10.0. The minimum Gasteiger partial charge on any atom is -0.550 e. The SMILES string of the molecule is CC(=O)[O-].CC(=O)[O-].CCCCCCCCCCCCCCCCCC1=[N+](CC[N+]2=C(CCCCCCCCCCCCCCCCC)NCC2)CCN1. The summed E-state index contributed by atoms with van der Waals surface area (Å²) < 4.78 is 5.32. The molecule has 2 N–H and O–H groups in total. The van der Waals surface area contributed by atoms with E-state index in [-0.39, 0.29) is 0 Å². The highest BCUT2D eigenvalue weighted by Gasteiger charge is 2.24. The molecule has 0 unspecified atom stereocenters. The summed E-state index contributed by atoms with van der Waals surface area (Å²) in [6, 6.07) is 0. The third-order valence-corrected chi connectivity index (χ3v) is 10.9. The van der Waals surface area contributed by atoms with Crippen LogP contribution in [0.2, 0.25) is 0 Å². The first-order chi connectivity index (χ1) is 26.3. The largest absolute Gasteiger partial charge is 0.550 e. The molecule has 8 nitrogen and oxygen atoms in total. The van der Waals surface area contributed by atoms with E-state index in [9.17, 15) is 0 Å². The Morgan fingerprint density at radius 1 is 0.426 bits per heavy atom.